The number of hydrogen-bond acceptors (Lipinski definition) is 3. The number of benzene rings is 3. The molecule has 0 aromatic heterocycles. The minimum absolute atomic E-state index is 0.245. The lowest BCUT2D eigenvalue weighted by Crippen LogP contribution is -2.47. The van der Waals surface area contributed by atoms with Crippen LogP contribution in [0.2, 0.25) is 0 Å². The van der Waals surface area contributed by atoms with Crippen molar-refractivity contribution in [3.8, 4) is 5.75 Å². The standard InChI is InChI=1S/C22H22N2O3/c1-16(27-20-13-12-18-9-5-6-10-19(18)15-20)22(26)24-23-21(25)14-11-17-7-3-2-4-8-17/h2-10,12-13,15-16H,11,14H2,1H3,(H,23,25)(H,24,26)/t16-/m1/s1. The minimum Gasteiger partial charge on any atom is -0.481 e. The third-order valence-electron chi connectivity index (χ3n) is 4.21. The van der Waals surface area contributed by atoms with Gasteiger partial charge in [-0.05, 0) is 41.8 Å². The summed E-state index contributed by atoms with van der Waals surface area (Å²) in [5.74, 6) is -0.0481. The monoisotopic (exact) mass is 362 g/mol. The quantitative estimate of drug-likeness (QED) is 0.661. The van der Waals surface area contributed by atoms with Crippen LogP contribution in [0.1, 0.15) is 18.9 Å². The van der Waals surface area contributed by atoms with Crippen molar-refractivity contribution in [1.82, 2.24) is 10.9 Å². The van der Waals surface area contributed by atoms with Gasteiger partial charge >= 0.3 is 0 Å². The fourth-order valence-corrected chi connectivity index (χ4v) is 2.70. The minimum atomic E-state index is -0.736. The van der Waals surface area contributed by atoms with Crippen LogP contribution in [0, 0.1) is 0 Å². The second-order valence-corrected chi connectivity index (χ2v) is 6.29. The van der Waals surface area contributed by atoms with Crippen LogP contribution in [-0.4, -0.2) is 17.9 Å². The topological polar surface area (TPSA) is 67.4 Å². The number of carbonyl (C=O) groups is 2. The van der Waals surface area contributed by atoms with Gasteiger partial charge in [-0.3, -0.25) is 20.4 Å². The molecule has 5 nitrogen and oxygen atoms in total. The van der Waals surface area contributed by atoms with E-state index >= 15 is 0 Å². The van der Waals surface area contributed by atoms with Crippen molar-refractivity contribution in [2.75, 3.05) is 0 Å². The number of nitrogens with one attached hydrogen (secondary N) is 2. The van der Waals surface area contributed by atoms with Crippen molar-refractivity contribution in [1.29, 1.82) is 0 Å². The van der Waals surface area contributed by atoms with Crippen LogP contribution in [0.3, 0.4) is 0 Å². The first-order valence-corrected chi connectivity index (χ1v) is 8.90. The van der Waals surface area contributed by atoms with Crippen LogP contribution in [0.5, 0.6) is 5.75 Å². The Morgan fingerprint density at radius 2 is 1.59 bits per heavy atom. The maximum absolute atomic E-state index is 12.1. The van der Waals surface area contributed by atoms with Crippen LogP contribution >= 0.6 is 0 Å². The average Bonchev–Trinajstić information content (AvgIpc) is 2.71. The van der Waals surface area contributed by atoms with Crippen LogP contribution in [0.4, 0.5) is 0 Å². The average molecular weight is 362 g/mol. The van der Waals surface area contributed by atoms with Crippen molar-refractivity contribution in [3.63, 3.8) is 0 Å². The van der Waals surface area contributed by atoms with Gasteiger partial charge in [0.15, 0.2) is 6.10 Å². The molecule has 27 heavy (non-hydrogen) atoms. The van der Waals surface area contributed by atoms with E-state index in [1.54, 1.807) is 6.92 Å². The Kier molecular flexibility index (Phi) is 6.05. The van der Waals surface area contributed by atoms with E-state index in [9.17, 15) is 9.59 Å². The van der Waals surface area contributed by atoms with Gasteiger partial charge in [0.1, 0.15) is 5.75 Å². The number of fused-ring (bicyclic) bond motifs is 1. The molecule has 0 aliphatic carbocycles. The fraction of sp³-hybridized carbons (Fsp3) is 0.182. The van der Waals surface area contributed by atoms with Crippen LogP contribution in [-0.2, 0) is 16.0 Å². The lowest BCUT2D eigenvalue weighted by atomic mass is 10.1. The molecule has 0 aliphatic rings. The van der Waals surface area contributed by atoms with Crippen molar-refractivity contribution in [2.45, 2.75) is 25.9 Å². The summed E-state index contributed by atoms with van der Waals surface area (Å²) in [7, 11) is 0. The summed E-state index contributed by atoms with van der Waals surface area (Å²) in [4.78, 5) is 24.0. The molecule has 138 valence electrons. The smallest absolute Gasteiger partial charge is 0.279 e. The van der Waals surface area contributed by atoms with Gasteiger partial charge in [0.2, 0.25) is 5.91 Å². The predicted molar refractivity (Wildman–Crippen MR) is 105 cm³/mol. The number of ether oxygens (including phenoxy) is 1. The van der Waals surface area contributed by atoms with Crippen LogP contribution in [0.15, 0.2) is 72.8 Å². The van der Waals surface area contributed by atoms with Gasteiger partial charge in [0, 0.05) is 6.42 Å². The van der Waals surface area contributed by atoms with Crippen molar-refractivity contribution >= 4 is 22.6 Å². The Balaban J connectivity index is 1.46. The Hall–Kier alpha value is -3.34. The molecule has 0 bridgehead atoms. The van der Waals surface area contributed by atoms with Gasteiger partial charge < -0.3 is 4.74 Å². The van der Waals surface area contributed by atoms with E-state index < -0.39 is 12.0 Å². The second-order valence-electron chi connectivity index (χ2n) is 6.29. The zero-order valence-corrected chi connectivity index (χ0v) is 15.1. The molecule has 0 unspecified atom stereocenters. The molecular weight excluding hydrogens is 340 g/mol. The summed E-state index contributed by atoms with van der Waals surface area (Å²) in [5, 5.41) is 2.14. The first kappa shape index (κ1) is 18.5. The highest BCUT2D eigenvalue weighted by Gasteiger charge is 2.15. The van der Waals surface area contributed by atoms with E-state index in [4.69, 9.17) is 4.74 Å². The Bertz CT molecular complexity index is 925. The molecule has 1 atom stereocenters. The maximum Gasteiger partial charge on any atom is 0.279 e. The number of hydrogen-bond donors (Lipinski definition) is 2. The highest BCUT2D eigenvalue weighted by molar-refractivity contribution is 5.85. The predicted octanol–water partition coefficient (Wildman–Crippen LogP) is 3.39. The van der Waals surface area contributed by atoms with Crippen molar-refractivity contribution in [3.05, 3.63) is 78.4 Å². The van der Waals surface area contributed by atoms with E-state index in [2.05, 4.69) is 10.9 Å². The van der Waals surface area contributed by atoms with Crippen molar-refractivity contribution in [2.24, 2.45) is 0 Å². The molecule has 0 aliphatic heterocycles. The van der Waals surface area contributed by atoms with E-state index in [0.717, 1.165) is 16.3 Å². The molecule has 5 heteroatoms. The molecule has 2 amide bonds. The molecule has 3 aromatic rings. The summed E-state index contributed by atoms with van der Waals surface area (Å²) in [6.07, 6.45) is 0.177. The molecule has 0 radical (unpaired) electrons. The van der Waals surface area contributed by atoms with Gasteiger partial charge in [-0.1, -0.05) is 60.7 Å². The van der Waals surface area contributed by atoms with E-state index in [1.165, 1.54) is 0 Å². The lowest BCUT2D eigenvalue weighted by Gasteiger charge is -2.15. The molecule has 0 saturated carbocycles. The molecule has 0 spiro atoms. The normalized spacial score (nSPS) is 11.6. The SMILES string of the molecule is C[C@@H](Oc1ccc2ccccc2c1)C(=O)NNC(=O)CCc1ccccc1. The molecule has 3 aromatic carbocycles. The Labute approximate surface area is 158 Å². The lowest BCUT2D eigenvalue weighted by molar-refractivity contribution is -0.132. The summed E-state index contributed by atoms with van der Waals surface area (Å²) in [6.45, 7) is 1.64. The number of rotatable bonds is 6. The number of hydrazine groups is 1. The Morgan fingerprint density at radius 3 is 2.37 bits per heavy atom. The van der Waals surface area contributed by atoms with Gasteiger partial charge in [-0.25, -0.2) is 0 Å². The van der Waals surface area contributed by atoms with Gasteiger partial charge in [0.25, 0.3) is 5.91 Å². The number of carbonyl (C=O) groups excluding carboxylic acids is 2. The molecule has 3 rings (SSSR count). The summed E-state index contributed by atoms with van der Waals surface area (Å²) >= 11 is 0. The molecular formula is C22H22N2O3. The summed E-state index contributed by atoms with van der Waals surface area (Å²) in [6, 6.07) is 23.3. The number of amides is 2. The molecule has 0 saturated heterocycles. The first-order valence-electron chi connectivity index (χ1n) is 8.90. The summed E-state index contributed by atoms with van der Waals surface area (Å²) in [5.41, 5.74) is 5.92. The molecule has 2 N–H and O–H groups in total. The van der Waals surface area contributed by atoms with Crippen molar-refractivity contribution < 1.29 is 14.3 Å². The highest BCUT2D eigenvalue weighted by Crippen LogP contribution is 2.21. The Morgan fingerprint density at radius 1 is 0.889 bits per heavy atom. The first-order chi connectivity index (χ1) is 13.1. The van der Waals surface area contributed by atoms with Gasteiger partial charge in [-0.15, -0.1) is 0 Å². The number of aryl methyl sites for hydroxylation is 1. The van der Waals surface area contributed by atoms with Gasteiger partial charge in [-0.2, -0.15) is 0 Å². The molecule has 0 heterocycles. The largest absolute Gasteiger partial charge is 0.481 e. The summed E-state index contributed by atoms with van der Waals surface area (Å²) < 4.78 is 5.68. The third kappa shape index (κ3) is 5.31. The van der Waals surface area contributed by atoms with E-state index in [1.807, 2.05) is 72.8 Å². The molecule has 0 fully saturated rings. The second kappa shape index (κ2) is 8.85. The fourth-order valence-electron chi connectivity index (χ4n) is 2.70. The zero-order valence-electron chi connectivity index (χ0n) is 15.1. The van der Waals surface area contributed by atoms with E-state index in [-0.39, 0.29) is 5.91 Å². The van der Waals surface area contributed by atoms with E-state index in [0.29, 0.717) is 18.6 Å². The van der Waals surface area contributed by atoms with Crippen LogP contribution < -0.4 is 15.6 Å². The zero-order chi connectivity index (χ0) is 19.1. The highest BCUT2D eigenvalue weighted by atomic mass is 16.5. The third-order valence-corrected chi connectivity index (χ3v) is 4.21. The van der Waals surface area contributed by atoms with Gasteiger partial charge in [0.05, 0.1) is 0 Å². The maximum atomic E-state index is 12.1. The van der Waals surface area contributed by atoms with Crippen LogP contribution in [0.25, 0.3) is 10.8 Å².